The number of aliphatic hydroxyl groups is 1. The van der Waals surface area contributed by atoms with Crippen molar-refractivity contribution < 1.29 is 29.4 Å². The second-order valence-electron chi connectivity index (χ2n) is 8.69. The Hall–Kier alpha value is -2.24. The lowest BCUT2D eigenvalue weighted by atomic mass is 9.95. The summed E-state index contributed by atoms with van der Waals surface area (Å²) in [6.07, 6.45) is 1.44. The fourth-order valence-corrected chi connectivity index (χ4v) is 3.13. The molecule has 7 atom stereocenters. The number of nitrogens with two attached hydrogens (primary N) is 2. The molecule has 11 heteroatoms. The minimum absolute atomic E-state index is 0.265. The molecule has 0 aliphatic rings. The van der Waals surface area contributed by atoms with E-state index in [1.807, 2.05) is 13.8 Å². The second kappa shape index (κ2) is 15.6. The zero-order valence-corrected chi connectivity index (χ0v) is 20.5. The van der Waals surface area contributed by atoms with Crippen LogP contribution in [0, 0.1) is 11.8 Å². The monoisotopic (exact) mass is 473 g/mol. The molecule has 0 spiro atoms. The predicted octanol–water partition coefficient (Wildman–Crippen LogP) is -0.545. The Balaban J connectivity index is 5.60. The molecule has 0 aliphatic carbocycles. The molecule has 0 radical (unpaired) electrons. The minimum Gasteiger partial charge on any atom is -0.480 e. The summed E-state index contributed by atoms with van der Waals surface area (Å²) in [5.41, 5.74) is 11.2. The maximum absolute atomic E-state index is 13.1. The van der Waals surface area contributed by atoms with E-state index in [0.29, 0.717) is 32.2 Å². The predicted molar refractivity (Wildman–Crippen MR) is 125 cm³/mol. The highest BCUT2D eigenvalue weighted by Gasteiger charge is 2.34. The Morgan fingerprint density at radius 1 is 0.818 bits per heavy atom. The summed E-state index contributed by atoms with van der Waals surface area (Å²) in [5, 5.41) is 26.8. The summed E-state index contributed by atoms with van der Waals surface area (Å²) in [4.78, 5) is 50.0. The van der Waals surface area contributed by atoms with Crippen LogP contribution in [0.15, 0.2) is 0 Å². The number of carbonyl (C=O) groups excluding carboxylic acids is 3. The minimum atomic E-state index is -1.21. The van der Waals surface area contributed by atoms with Crippen LogP contribution >= 0.6 is 0 Å². The van der Waals surface area contributed by atoms with Crippen LogP contribution < -0.4 is 27.4 Å². The zero-order chi connectivity index (χ0) is 25.7. The number of carbonyl (C=O) groups is 4. The molecule has 192 valence electrons. The van der Waals surface area contributed by atoms with Gasteiger partial charge < -0.3 is 37.6 Å². The Labute approximate surface area is 196 Å². The van der Waals surface area contributed by atoms with Crippen molar-refractivity contribution in [2.75, 3.05) is 6.54 Å². The third-order valence-corrected chi connectivity index (χ3v) is 5.97. The molecule has 3 amide bonds. The van der Waals surface area contributed by atoms with E-state index < -0.39 is 54.0 Å². The summed E-state index contributed by atoms with van der Waals surface area (Å²) in [5.74, 6) is -3.62. The van der Waals surface area contributed by atoms with Gasteiger partial charge in [0.15, 0.2) is 0 Å². The van der Waals surface area contributed by atoms with Crippen LogP contribution in [-0.4, -0.2) is 70.7 Å². The van der Waals surface area contributed by atoms with E-state index >= 15 is 0 Å². The van der Waals surface area contributed by atoms with E-state index in [1.165, 1.54) is 6.92 Å². The van der Waals surface area contributed by atoms with Crippen molar-refractivity contribution in [3.05, 3.63) is 0 Å². The van der Waals surface area contributed by atoms with Crippen LogP contribution in [0.1, 0.15) is 66.7 Å². The lowest BCUT2D eigenvalue weighted by molar-refractivity contribution is -0.144. The van der Waals surface area contributed by atoms with Crippen molar-refractivity contribution >= 4 is 23.7 Å². The normalized spacial score (nSPS) is 17.6. The summed E-state index contributed by atoms with van der Waals surface area (Å²) < 4.78 is 0. The Morgan fingerprint density at radius 3 is 1.79 bits per heavy atom. The molecule has 0 rings (SSSR count). The molecular weight excluding hydrogens is 430 g/mol. The highest BCUT2D eigenvalue weighted by atomic mass is 16.4. The number of unbranched alkanes of at least 4 members (excludes halogenated alkanes) is 1. The summed E-state index contributed by atoms with van der Waals surface area (Å²) in [6, 6.07) is -4.28. The molecule has 33 heavy (non-hydrogen) atoms. The fourth-order valence-electron chi connectivity index (χ4n) is 3.13. The maximum Gasteiger partial charge on any atom is 0.326 e. The molecule has 0 aromatic rings. The van der Waals surface area contributed by atoms with Crippen molar-refractivity contribution in [1.29, 1.82) is 0 Å². The average molecular weight is 474 g/mol. The Morgan fingerprint density at radius 2 is 1.33 bits per heavy atom. The van der Waals surface area contributed by atoms with Crippen molar-refractivity contribution in [3.8, 4) is 0 Å². The molecular formula is C22H43N5O6. The first-order valence-corrected chi connectivity index (χ1v) is 11.7. The number of hydrogen-bond acceptors (Lipinski definition) is 7. The molecule has 0 bridgehead atoms. The molecule has 0 aliphatic heterocycles. The number of amides is 3. The first-order valence-electron chi connectivity index (χ1n) is 11.7. The molecule has 0 aromatic heterocycles. The first kappa shape index (κ1) is 30.8. The van der Waals surface area contributed by atoms with Crippen molar-refractivity contribution in [3.63, 3.8) is 0 Å². The van der Waals surface area contributed by atoms with Gasteiger partial charge in [0, 0.05) is 0 Å². The fraction of sp³-hybridized carbons (Fsp3) is 0.818. The van der Waals surface area contributed by atoms with Gasteiger partial charge in [0.1, 0.15) is 24.2 Å². The molecule has 0 saturated heterocycles. The number of carboxylic acids is 1. The van der Waals surface area contributed by atoms with Gasteiger partial charge >= 0.3 is 5.97 Å². The van der Waals surface area contributed by atoms with Crippen LogP contribution in [0.2, 0.25) is 0 Å². The van der Waals surface area contributed by atoms with E-state index in [4.69, 9.17) is 11.5 Å². The quantitative estimate of drug-likeness (QED) is 0.145. The van der Waals surface area contributed by atoms with Gasteiger partial charge in [-0.25, -0.2) is 4.79 Å². The van der Waals surface area contributed by atoms with Crippen LogP contribution in [0.4, 0.5) is 0 Å². The molecule has 0 heterocycles. The van der Waals surface area contributed by atoms with Crippen LogP contribution in [0.3, 0.4) is 0 Å². The van der Waals surface area contributed by atoms with Gasteiger partial charge in [-0.1, -0.05) is 40.5 Å². The number of rotatable bonds is 16. The number of aliphatic carboxylic acids is 1. The summed E-state index contributed by atoms with van der Waals surface area (Å²) in [7, 11) is 0. The van der Waals surface area contributed by atoms with Gasteiger partial charge in [-0.3, -0.25) is 14.4 Å². The molecule has 0 saturated carbocycles. The lowest BCUT2D eigenvalue weighted by Gasteiger charge is -2.29. The molecule has 7 unspecified atom stereocenters. The largest absolute Gasteiger partial charge is 0.480 e. The van der Waals surface area contributed by atoms with Gasteiger partial charge in [-0.2, -0.15) is 0 Å². The lowest BCUT2D eigenvalue weighted by Crippen LogP contribution is -2.59. The van der Waals surface area contributed by atoms with E-state index in [2.05, 4.69) is 16.0 Å². The molecule has 11 nitrogen and oxygen atoms in total. The SMILES string of the molecule is CCC(C)C(NC(=O)C(NC(=O)C(CCCCN)NC(=O)C(N)C(C)O)C(C)CC)C(=O)O. The summed E-state index contributed by atoms with van der Waals surface area (Å²) in [6.45, 7) is 8.96. The maximum atomic E-state index is 13.1. The van der Waals surface area contributed by atoms with Crippen molar-refractivity contribution in [2.24, 2.45) is 23.3 Å². The molecule has 9 N–H and O–H groups in total. The molecule has 0 fully saturated rings. The van der Waals surface area contributed by atoms with Gasteiger partial charge in [0.05, 0.1) is 6.10 Å². The highest BCUT2D eigenvalue weighted by Crippen LogP contribution is 2.13. The van der Waals surface area contributed by atoms with Gasteiger partial charge in [-0.05, 0) is 44.6 Å². The topological polar surface area (TPSA) is 197 Å². The van der Waals surface area contributed by atoms with Crippen molar-refractivity contribution in [2.45, 2.75) is 97.0 Å². The van der Waals surface area contributed by atoms with E-state index in [0.717, 1.165) is 0 Å². The second-order valence-corrected chi connectivity index (χ2v) is 8.69. The van der Waals surface area contributed by atoms with E-state index in [-0.39, 0.29) is 18.3 Å². The third-order valence-electron chi connectivity index (χ3n) is 5.97. The number of carboxylic acid groups (broad SMARTS) is 1. The van der Waals surface area contributed by atoms with Gasteiger partial charge in [0.2, 0.25) is 17.7 Å². The van der Waals surface area contributed by atoms with Crippen LogP contribution in [0.25, 0.3) is 0 Å². The van der Waals surface area contributed by atoms with Crippen LogP contribution in [0.5, 0.6) is 0 Å². The van der Waals surface area contributed by atoms with Crippen LogP contribution in [-0.2, 0) is 19.2 Å². The number of hydrogen-bond donors (Lipinski definition) is 7. The Bertz CT molecular complexity index is 645. The molecule has 0 aromatic carbocycles. The number of nitrogens with one attached hydrogen (secondary N) is 3. The average Bonchev–Trinajstić information content (AvgIpc) is 2.77. The van der Waals surface area contributed by atoms with Gasteiger partial charge in [-0.15, -0.1) is 0 Å². The highest BCUT2D eigenvalue weighted by molar-refractivity contribution is 5.94. The Kier molecular flexibility index (Phi) is 14.5. The smallest absolute Gasteiger partial charge is 0.326 e. The third kappa shape index (κ3) is 10.5. The summed E-state index contributed by atoms with van der Waals surface area (Å²) >= 11 is 0. The van der Waals surface area contributed by atoms with Gasteiger partial charge in [0.25, 0.3) is 0 Å². The van der Waals surface area contributed by atoms with Crippen molar-refractivity contribution in [1.82, 2.24) is 16.0 Å². The zero-order valence-electron chi connectivity index (χ0n) is 20.5. The first-order chi connectivity index (χ1) is 15.4. The van der Waals surface area contributed by atoms with E-state index in [9.17, 15) is 29.4 Å². The van der Waals surface area contributed by atoms with E-state index in [1.54, 1.807) is 13.8 Å². The standard InChI is InChI=1S/C22H43N5O6/c1-6-12(3)17(21(31)27-18(22(32)33)13(4)7-2)26-19(29)15(10-8-9-11-23)25-20(30)16(24)14(5)28/h12-18,28H,6-11,23-24H2,1-5H3,(H,25,30)(H,26,29)(H,27,31)(H,32,33). The number of aliphatic hydroxyl groups excluding tert-OH is 1.